The Hall–Kier alpha value is -2.09. The van der Waals surface area contributed by atoms with E-state index in [1.807, 2.05) is 44.4 Å². The first-order chi connectivity index (χ1) is 11.6. The van der Waals surface area contributed by atoms with Crippen LogP contribution in [-0.2, 0) is 18.4 Å². The number of halogens is 2. The summed E-state index contributed by atoms with van der Waals surface area (Å²) in [5.41, 5.74) is 2.91. The number of aryl methyl sites for hydroxylation is 2. The van der Waals surface area contributed by atoms with Crippen molar-refractivity contribution < 1.29 is 4.79 Å². The lowest BCUT2D eigenvalue weighted by Gasteiger charge is -2.15. The predicted octanol–water partition coefficient (Wildman–Crippen LogP) is 2.00. The average Bonchev–Trinajstić information content (AvgIpc) is 3.12. The Bertz CT molecular complexity index is 860. The van der Waals surface area contributed by atoms with Gasteiger partial charge in [0.15, 0.2) is 0 Å². The fraction of sp³-hybridized carbons (Fsp3) is 0.353. The molecule has 0 aliphatic rings. The van der Waals surface area contributed by atoms with Crippen LogP contribution in [0.1, 0.15) is 17.4 Å². The minimum atomic E-state index is -0.403. The molecule has 0 aliphatic heterocycles. The number of para-hydroxylation sites is 2. The molecule has 142 valence electrons. The molecule has 0 aliphatic carbocycles. The SMILES string of the molecule is CNC(C(=O)NCCn1c(C)nc2ccccc21)c1cnn(C)c1.Cl.Cl. The van der Waals surface area contributed by atoms with Gasteiger partial charge in [0.25, 0.3) is 0 Å². The number of fused-ring (bicyclic) bond motifs is 1. The number of nitrogens with one attached hydrogen (secondary N) is 2. The summed E-state index contributed by atoms with van der Waals surface area (Å²) < 4.78 is 3.81. The van der Waals surface area contributed by atoms with Crippen molar-refractivity contribution >= 4 is 41.8 Å². The van der Waals surface area contributed by atoms with Crippen molar-refractivity contribution in [3.63, 3.8) is 0 Å². The Morgan fingerprint density at radius 2 is 2.00 bits per heavy atom. The van der Waals surface area contributed by atoms with E-state index >= 15 is 0 Å². The number of nitrogens with zero attached hydrogens (tertiary/aromatic N) is 4. The molecule has 2 aromatic heterocycles. The normalized spacial score (nSPS) is 11.5. The first kappa shape index (κ1) is 22.0. The third-order valence-corrected chi connectivity index (χ3v) is 4.09. The highest BCUT2D eigenvalue weighted by atomic mass is 35.5. The van der Waals surface area contributed by atoms with Crippen molar-refractivity contribution in [2.75, 3.05) is 13.6 Å². The van der Waals surface area contributed by atoms with E-state index in [-0.39, 0.29) is 30.7 Å². The van der Waals surface area contributed by atoms with Gasteiger partial charge in [0.05, 0.1) is 17.2 Å². The van der Waals surface area contributed by atoms with Crippen LogP contribution in [0.25, 0.3) is 11.0 Å². The van der Waals surface area contributed by atoms with Crippen LogP contribution in [-0.4, -0.2) is 38.8 Å². The van der Waals surface area contributed by atoms with E-state index in [1.165, 1.54) is 0 Å². The zero-order chi connectivity index (χ0) is 17.1. The van der Waals surface area contributed by atoms with Gasteiger partial charge in [-0.15, -0.1) is 24.8 Å². The highest BCUT2D eigenvalue weighted by molar-refractivity contribution is 5.85. The number of hydrogen-bond acceptors (Lipinski definition) is 4. The molecule has 9 heteroatoms. The molecule has 0 fully saturated rings. The smallest absolute Gasteiger partial charge is 0.241 e. The summed E-state index contributed by atoms with van der Waals surface area (Å²) in [7, 11) is 3.60. The minimum absolute atomic E-state index is 0. The van der Waals surface area contributed by atoms with Crippen molar-refractivity contribution in [1.82, 2.24) is 30.0 Å². The zero-order valence-electron chi connectivity index (χ0n) is 15.0. The van der Waals surface area contributed by atoms with E-state index in [0.29, 0.717) is 13.1 Å². The maximum Gasteiger partial charge on any atom is 0.241 e. The Morgan fingerprint density at radius 1 is 1.27 bits per heavy atom. The fourth-order valence-corrected chi connectivity index (χ4v) is 2.91. The van der Waals surface area contributed by atoms with Crippen LogP contribution < -0.4 is 10.6 Å². The van der Waals surface area contributed by atoms with Crippen molar-refractivity contribution in [3.8, 4) is 0 Å². The van der Waals surface area contributed by atoms with Crippen molar-refractivity contribution in [3.05, 3.63) is 48.0 Å². The summed E-state index contributed by atoms with van der Waals surface area (Å²) in [5.74, 6) is 0.885. The van der Waals surface area contributed by atoms with Crippen LogP contribution in [0, 0.1) is 6.92 Å². The number of hydrogen-bond donors (Lipinski definition) is 2. The molecule has 3 aromatic rings. The van der Waals surface area contributed by atoms with Gasteiger partial charge in [0.1, 0.15) is 11.9 Å². The molecule has 0 spiro atoms. The molecule has 7 nitrogen and oxygen atoms in total. The van der Waals surface area contributed by atoms with E-state index in [4.69, 9.17) is 0 Å². The van der Waals surface area contributed by atoms with Crippen molar-refractivity contribution in [1.29, 1.82) is 0 Å². The molecule has 1 amide bonds. The van der Waals surface area contributed by atoms with Crippen LogP contribution in [0.5, 0.6) is 0 Å². The molecule has 2 heterocycles. The van der Waals surface area contributed by atoms with Gasteiger partial charge in [0.2, 0.25) is 5.91 Å². The van der Waals surface area contributed by atoms with Gasteiger partial charge in [-0.05, 0) is 26.1 Å². The van der Waals surface area contributed by atoms with E-state index < -0.39 is 6.04 Å². The van der Waals surface area contributed by atoms with Crippen LogP contribution >= 0.6 is 24.8 Å². The Balaban J connectivity index is 0.00000169. The standard InChI is InChI=1S/C17H22N6O.2ClH/c1-12-21-14-6-4-5-7-15(14)23(12)9-8-19-17(24)16(18-2)13-10-20-22(3)11-13;;/h4-7,10-11,16,18H,8-9H2,1-3H3,(H,19,24);2*1H. The van der Waals surface area contributed by atoms with Crippen molar-refractivity contribution in [2.24, 2.45) is 7.05 Å². The molecular formula is C17H24Cl2N6O. The quantitative estimate of drug-likeness (QED) is 0.665. The van der Waals surface area contributed by atoms with Crippen LogP contribution in [0.15, 0.2) is 36.7 Å². The second kappa shape index (κ2) is 9.56. The lowest BCUT2D eigenvalue weighted by Crippen LogP contribution is -2.37. The lowest BCUT2D eigenvalue weighted by atomic mass is 10.1. The molecule has 1 unspecified atom stereocenters. The predicted molar refractivity (Wildman–Crippen MR) is 107 cm³/mol. The summed E-state index contributed by atoms with van der Waals surface area (Å²) in [6.07, 6.45) is 3.54. The number of likely N-dealkylation sites (N-methyl/N-ethyl adjacent to an activating group) is 1. The minimum Gasteiger partial charge on any atom is -0.353 e. The lowest BCUT2D eigenvalue weighted by molar-refractivity contribution is -0.123. The maximum atomic E-state index is 12.4. The van der Waals surface area contributed by atoms with E-state index in [2.05, 4.69) is 25.3 Å². The fourth-order valence-electron chi connectivity index (χ4n) is 2.91. The van der Waals surface area contributed by atoms with E-state index in [9.17, 15) is 4.79 Å². The molecule has 0 saturated heterocycles. The molecule has 1 atom stereocenters. The average molecular weight is 399 g/mol. The second-order valence-corrected chi connectivity index (χ2v) is 5.76. The van der Waals surface area contributed by atoms with E-state index in [0.717, 1.165) is 22.4 Å². The third-order valence-electron chi connectivity index (χ3n) is 4.09. The van der Waals surface area contributed by atoms with Gasteiger partial charge in [-0.1, -0.05) is 12.1 Å². The molecule has 0 saturated carbocycles. The molecule has 0 bridgehead atoms. The number of imidazole rings is 1. The number of carbonyl (C=O) groups excluding carboxylic acids is 1. The van der Waals surface area contributed by atoms with Gasteiger partial charge in [0, 0.05) is 31.9 Å². The summed E-state index contributed by atoms with van der Waals surface area (Å²) >= 11 is 0. The molecule has 0 radical (unpaired) electrons. The molecule has 3 rings (SSSR count). The Labute approximate surface area is 165 Å². The largest absolute Gasteiger partial charge is 0.353 e. The van der Waals surface area contributed by atoms with Gasteiger partial charge in [-0.2, -0.15) is 5.10 Å². The molecule has 26 heavy (non-hydrogen) atoms. The second-order valence-electron chi connectivity index (χ2n) is 5.76. The van der Waals surface area contributed by atoms with Gasteiger partial charge in [-0.3, -0.25) is 9.48 Å². The Kier molecular flexibility index (Phi) is 8.08. The third kappa shape index (κ3) is 4.55. The summed E-state index contributed by atoms with van der Waals surface area (Å²) in [5, 5.41) is 10.1. The van der Waals surface area contributed by atoms with Crippen LogP contribution in [0.3, 0.4) is 0 Å². The first-order valence-electron chi connectivity index (χ1n) is 7.95. The van der Waals surface area contributed by atoms with Gasteiger partial charge < -0.3 is 15.2 Å². The zero-order valence-corrected chi connectivity index (χ0v) is 16.6. The van der Waals surface area contributed by atoms with Crippen LogP contribution in [0.4, 0.5) is 0 Å². The highest BCUT2D eigenvalue weighted by Gasteiger charge is 2.19. The van der Waals surface area contributed by atoms with E-state index in [1.54, 1.807) is 17.9 Å². The first-order valence-corrected chi connectivity index (χ1v) is 7.95. The summed E-state index contributed by atoms with van der Waals surface area (Å²) in [6.45, 7) is 3.20. The monoisotopic (exact) mass is 398 g/mol. The van der Waals surface area contributed by atoms with Gasteiger partial charge >= 0.3 is 0 Å². The number of amides is 1. The number of carbonyl (C=O) groups is 1. The number of benzene rings is 1. The molecule has 1 aromatic carbocycles. The van der Waals surface area contributed by atoms with Gasteiger partial charge in [-0.25, -0.2) is 4.98 Å². The van der Waals surface area contributed by atoms with Crippen LogP contribution in [0.2, 0.25) is 0 Å². The summed E-state index contributed by atoms with van der Waals surface area (Å²) in [4.78, 5) is 17.0. The topological polar surface area (TPSA) is 76.8 Å². The number of rotatable bonds is 6. The van der Waals surface area contributed by atoms with Crippen molar-refractivity contribution in [2.45, 2.75) is 19.5 Å². The summed E-state index contributed by atoms with van der Waals surface area (Å²) in [6, 6.07) is 7.61. The number of aromatic nitrogens is 4. The molecular weight excluding hydrogens is 375 g/mol. The maximum absolute atomic E-state index is 12.4. The Morgan fingerprint density at radius 3 is 2.65 bits per heavy atom. The highest BCUT2D eigenvalue weighted by Crippen LogP contribution is 2.15. The molecule has 2 N–H and O–H groups in total.